The first-order valence-corrected chi connectivity index (χ1v) is 11.6. The van der Waals surface area contributed by atoms with Crippen molar-refractivity contribution in [1.82, 2.24) is 10.2 Å². The number of amides is 2. The van der Waals surface area contributed by atoms with E-state index in [1.165, 1.54) is 0 Å². The third-order valence-corrected chi connectivity index (χ3v) is 6.93. The molecule has 0 bridgehead atoms. The van der Waals surface area contributed by atoms with Crippen LogP contribution in [0.5, 0.6) is 0 Å². The number of hydrogen-bond donors (Lipinski definition) is 3. The smallest absolute Gasteiger partial charge is 0.254 e. The number of benzene rings is 2. The van der Waals surface area contributed by atoms with Gasteiger partial charge in [-0.1, -0.05) is 81.8 Å². The Morgan fingerprint density at radius 3 is 2.21 bits per heavy atom. The molecule has 0 saturated carbocycles. The summed E-state index contributed by atoms with van der Waals surface area (Å²) in [5.41, 5.74) is -0.515. The number of carbonyl (C=O) groups is 2. The van der Waals surface area contributed by atoms with E-state index in [1.807, 2.05) is 39.8 Å². The summed E-state index contributed by atoms with van der Waals surface area (Å²) < 4.78 is 0. The van der Waals surface area contributed by atoms with Gasteiger partial charge in [0, 0.05) is 23.5 Å². The monoisotopic (exact) mass is 472 g/mol. The molecule has 6 nitrogen and oxygen atoms in total. The molecule has 1 fully saturated rings. The quantitative estimate of drug-likeness (QED) is 0.598. The highest BCUT2D eigenvalue weighted by molar-refractivity contribution is 6.30. The average Bonchev–Trinajstić information content (AvgIpc) is 2.78. The highest BCUT2D eigenvalue weighted by atomic mass is 35.5. The Morgan fingerprint density at radius 1 is 1.06 bits per heavy atom. The standard InChI is InChI=1S/C26H33ClN2O4/c1-17(2)21(28-23(31)22(30)18-8-6-5-7-9-18)24(32)29-15-14-26(33,25(3,4)16-29)19-10-12-20(27)13-11-19/h5-13,17,21-22,30,33H,14-16H2,1-4H3,(H,28,31)/t21-,22?,26+/m1/s1. The summed E-state index contributed by atoms with van der Waals surface area (Å²) in [6.45, 7) is 8.26. The second-order valence-electron chi connectivity index (χ2n) is 9.80. The molecule has 3 atom stereocenters. The number of nitrogens with one attached hydrogen (secondary N) is 1. The molecule has 0 aliphatic carbocycles. The average molecular weight is 473 g/mol. The zero-order valence-electron chi connectivity index (χ0n) is 19.6. The van der Waals surface area contributed by atoms with E-state index in [9.17, 15) is 19.8 Å². The number of aliphatic hydroxyl groups is 2. The Kier molecular flexibility index (Phi) is 7.52. The number of carbonyl (C=O) groups excluding carboxylic acids is 2. The number of rotatable bonds is 6. The first-order chi connectivity index (χ1) is 15.5. The fourth-order valence-electron chi connectivity index (χ4n) is 4.50. The summed E-state index contributed by atoms with van der Waals surface area (Å²) in [7, 11) is 0. The topological polar surface area (TPSA) is 89.9 Å². The SMILES string of the molecule is CC(C)[C@@H](NC(=O)C(O)c1ccccc1)C(=O)N1CC[C@](O)(c2ccc(Cl)cc2)C(C)(C)C1. The lowest BCUT2D eigenvalue weighted by atomic mass is 9.66. The van der Waals surface area contributed by atoms with Gasteiger partial charge in [0.05, 0.1) is 5.60 Å². The van der Waals surface area contributed by atoms with Gasteiger partial charge in [-0.2, -0.15) is 0 Å². The van der Waals surface area contributed by atoms with Gasteiger partial charge in [-0.15, -0.1) is 0 Å². The van der Waals surface area contributed by atoms with E-state index in [0.29, 0.717) is 30.1 Å². The van der Waals surface area contributed by atoms with Gasteiger partial charge in [0.25, 0.3) is 5.91 Å². The van der Waals surface area contributed by atoms with Crippen LogP contribution in [0.4, 0.5) is 0 Å². The predicted molar refractivity (Wildman–Crippen MR) is 128 cm³/mol. The Balaban J connectivity index is 1.74. The number of hydrogen-bond acceptors (Lipinski definition) is 4. The van der Waals surface area contributed by atoms with Crippen molar-refractivity contribution in [3.63, 3.8) is 0 Å². The summed E-state index contributed by atoms with van der Waals surface area (Å²) in [6, 6.07) is 15.0. The maximum absolute atomic E-state index is 13.4. The van der Waals surface area contributed by atoms with E-state index < -0.39 is 29.1 Å². The van der Waals surface area contributed by atoms with Crippen molar-refractivity contribution in [3.05, 3.63) is 70.7 Å². The zero-order valence-corrected chi connectivity index (χ0v) is 20.3. The summed E-state index contributed by atoms with van der Waals surface area (Å²) in [5, 5.41) is 25.3. The molecule has 0 radical (unpaired) electrons. The molecule has 1 aliphatic rings. The van der Waals surface area contributed by atoms with Crippen LogP contribution in [0.15, 0.2) is 54.6 Å². The van der Waals surface area contributed by atoms with Crippen LogP contribution in [0.25, 0.3) is 0 Å². The van der Waals surface area contributed by atoms with Crippen molar-refractivity contribution < 1.29 is 19.8 Å². The van der Waals surface area contributed by atoms with Crippen LogP contribution in [0.3, 0.4) is 0 Å². The van der Waals surface area contributed by atoms with Crippen LogP contribution in [-0.2, 0) is 15.2 Å². The Hall–Kier alpha value is -2.41. The lowest BCUT2D eigenvalue weighted by Gasteiger charge is -2.51. The molecule has 3 N–H and O–H groups in total. The fraction of sp³-hybridized carbons (Fsp3) is 0.462. The van der Waals surface area contributed by atoms with E-state index in [-0.39, 0.29) is 11.8 Å². The third-order valence-electron chi connectivity index (χ3n) is 6.68. The number of piperidine rings is 1. The molecule has 7 heteroatoms. The molecule has 1 unspecified atom stereocenters. The molecule has 2 amide bonds. The summed E-state index contributed by atoms with van der Waals surface area (Å²) >= 11 is 6.01. The zero-order chi connectivity index (χ0) is 24.4. The number of halogens is 1. The molecule has 3 rings (SSSR count). The van der Waals surface area contributed by atoms with Gasteiger partial charge < -0.3 is 20.4 Å². The molecule has 178 valence electrons. The normalized spacial score (nSPS) is 22.0. The molecule has 0 spiro atoms. The van der Waals surface area contributed by atoms with Gasteiger partial charge in [-0.05, 0) is 35.6 Å². The first-order valence-electron chi connectivity index (χ1n) is 11.3. The molecule has 33 heavy (non-hydrogen) atoms. The Morgan fingerprint density at radius 2 is 1.67 bits per heavy atom. The van der Waals surface area contributed by atoms with E-state index in [2.05, 4.69) is 5.32 Å². The van der Waals surface area contributed by atoms with Crippen molar-refractivity contribution in [2.45, 2.75) is 51.9 Å². The van der Waals surface area contributed by atoms with Crippen molar-refractivity contribution >= 4 is 23.4 Å². The maximum Gasteiger partial charge on any atom is 0.254 e. The summed E-state index contributed by atoms with van der Waals surface area (Å²) in [4.78, 5) is 27.8. The molecule has 1 saturated heterocycles. The highest BCUT2D eigenvalue weighted by Gasteiger charge is 2.50. The van der Waals surface area contributed by atoms with Crippen LogP contribution in [0.2, 0.25) is 5.02 Å². The molecular formula is C26H33ClN2O4. The minimum Gasteiger partial charge on any atom is -0.384 e. The molecular weight excluding hydrogens is 440 g/mol. The van der Waals surface area contributed by atoms with E-state index in [1.54, 1.807) is 47.4 Å². The van der Waals surface area contributed by atoms with Gasteiger partial charge in [0.1, 0.15) is 6.04 Å². The molecule has 2 aromatic rings. The van der Waals surface area contributed by atoms with Crippen molar-refractivity contribution in [2.75, 3.05) is 13.1 Å². The molecule has 0 aromatic heterocycles. The van der Waals surface area contributed by atoms with Gasteiger partial charge in [-0.3, -0.25) is 9.59 Å². The molecule has 1 aliphatic heterocycles. The Labute approximate surface area is 200 Å². The minimum atomic E-state index is -1.35. The maximum atomic E-state index is 13.4. The minimum absolute atomic E-state index is 0.176. The fourth-order valence-corrected chi connectivity index (χ4v) is 4.63. The van der Waals surface area contributed by atoms with Crippen LogP contribution < -0.4 is 5.32 Å². The first kappa shape index (κ1) is 25.2. The van der Waals surface area contributed by atoms with E-state index in [4.69, 9.17) is 11.6 Å². The van der Waals surface area contributed by atoms with Gasteiger partial charge in [0.2, 0.25) is 5.91 Å². The van der Waals surface area contributed by atoms with Gasteiger partial charge >= 0.3 is 0 Å². The second-order valence-corrected chi connectivity index (χ2v) is 10.2. The number of aliphatic hydroxyl groups excluding tert-OH is 1. The third kappa shape index (κ3) is 5.24. The van der Waals surface area contributed by atoms with E-state index >= 15 is 0 Å². The lowest BCUT2D eigenvalue weighted by molar-refractivity contribution is -0.157. The number of nitrogens with zero attached hydrogens (tertiary/aromatic N) is 1. The van der Waals surface area contributed by atoms with Crippen molar-refractivity contribution in [2.24, 2.45) is 11.3 Å². The highest BCUT2D eigenvalue weighted by Crippen LogP contribution is 2.46. The van der Waals surface area contributed by atoms with Crippen molar-refractivity contribution in [1.29, 1.82) is 0 Å². The van der Waals surface area contributed by atoms with Gasteiger partial charge in [-0.25, -0.2) is 0 Å². The van der Waals surface area contributed by atoms with Gasteiger partial charge in [0.15, 0.2) is 6.10 Å². The Bertz CT molecular complexity index is 978. The molecule has 2 aromatic carbocycles. The number of likely N-dealkylation sites (tertiary alicyclic amines) is 1. The second kappa shape index (κ2) is 9.84. The van der Waals surface area contributed by atoms with E-state index in [0.717, 1.165) is 5.56 Å². The summed E-state index contributed by atoms with van der Waals surface area (Å²) in [5.74, 6) is -1.00. The van der Waals surface area contributed by atoms with Crippen LogP contribution in [0, 0.1) is 11.3 Å². The van der Waals surface area contributed by atoms with Crippen LogP contribution in [-0.4, -0.2) is 46.1 Å². The molecule has 1 heterocycles. The van der Waals surface area contributed by atoms with Crippen molar-refractivity contribution in [3.8, 4) is 0 Å². The predicted octanol–water partition coefficient (Wildman–Crippen LogP) is 3.66. The summed E-state index contributed by atoms with van der Waals surface area (Å²) in [6.07, 6.45) is -0.994. The van der Waals surface area contributed by atoms with Crippen LogP contribution >= 0.6 is 11.6 Å². The van der Waals surface area contributed by atoms with Crippen LogP contribution in [0.1, 0.15) is 51.3 Å². The largest absolute Gasteiger partial charge is 0.384 e. The lowest BCUT2D eigenvalue weighted by Crippen LogP contribution is -2.60.